The summed E-state index contributed by atoms with van der Waals surface area (Å²) in [5, 5.41) is 20.6. The molecule has 2 N–H and O–H groups in total. The lowest BCUT2D eigenvalue weighted by Gasteiger charge is -2.54. The van der Waals surface area contributed by atoms with Crippen molar-refractivity contribution in [2.45, 2.75) is 45.1 Å². The lowest BCUT2D eigenvalue weighted by molar-refractivity contribution is -0.385. The van der Waals surface area contributed by atoms with Gasteiger partial charge in [-0.3, -0.25) is 20.0 Å². The number of carbonyl (C=O) groups is 1. The number of aryl methyl sites for hydroxylation is 1. The Morgan fingerprint density at radius 1 is 1.23 bits per heavy atom. The summed E-state index contributed by atoms with van der Waals surface area (Å²) in [5.41, 5.74) is 0.0258. The lowest BCUT2D eigenvalue weighted by Crippen LogP contribution is -2.55. The largest absolute Gasteiger partial charge is 0.347 e. The smallest absolute Gasteiger partial charge is 0.322 e. The third-order valence-electron chi connectivity index (χ3n) is 5.84. The second kappa shape index (κ2) is 4.79. The number of nitro groups is 1. The zero-order valence-corrected chi connectivity index (χ0v) is 12.5. The zero-order chi connectivity index (χ0) is 15.4. The summed E-state index contributed by atoms with van der Waals surface area (Å²) in [6, 6.07) is 0.164. The van der Waals surface area contributed by atoms with Crippen molar-refractivity contribution in [3.05, 3.63) is 21.5 Å². The summed E-state index contributed by atoms with van der Waals surface area (Å²) in [7, 11) is 0. The molecule has 4 aliphatic rings. The monoisotopic (exact) mass is 304 g/mol. The van der Waals surface area contributed by atoms with Gasteiger partial charge in [0.2, 0.25) is 5.69 Å². The van der Waals surface area contributed by atoms with Crippen molar-refractivity contribution in [1.29, 1.82) is 0 Å². The van der Waals surface area contributed by atoms with Gasteiger partial charge < -0.3 is 5.32 Å². The number of amides is 1. The summed E-state index contributed by atoms with van der Waals surface area (Å²) < 4.78 is 0. The van der Waals surface area contributed by atoms with E-state index >= 15 is 0 Å². The quantitative estimate of drug-likeness (QED) is 0.660. The molecular weight excluding hydrogens is 284 g/mol. The number of rotatable bonds is 3. The fourth-order valence-corrected chi connectivity index (χ4v) is 5.19. The van der Waals surface area contributed by atoms with Crippen LogP contribution in [-0.4, -0.2) is 27.1 Å². The normalized spacial score (nSPS) is 35.6. The van der Waals surface area contributed by atoms with Crippen molar-refractivity contribution < 1.29 is 9.72 Å². The molecule has 4 saturated carbocycles. The molecule has 1 amide bonds. The highest BCUT2D eigenvalue weighted by atomic mass is 16.6. The predicted octanol–water partition coefficient (Wildman–Crippen LogP) is 2.18. The maximum atomic E-state index is 12.5. The second-order valence-corrected chi connectivity index (χ2v) is 7.23. The summed E-state index contributed by atoms with van der Waals surface area (Å²) in [5.74, 6) is 2.34. The van der Waals surface area contributed by atoms with Crippen LogP contribution in [0.2, 0.25) is 0 Å². The minimum atomic E-state index is -0.537. The third-order valence-corrected chi connectivity index (χ3v) is 5.84. The van der Waals surface area contributed by atoms with Crippen molar-refractivity contribution in [3.63, 3.8) is 0 Å². The number of aromatic nitrogens is 2. The van der Waals surface area contributed by atoms with Gasteiger partial charge in [0.25, 0.3) is 5.91 Å². The highest BCUT2D eigenvalue weighted by molar-refractivity contribution is 5.96. The molecule has 0 saturated heterocycles. The number of hydrogen-bond donors (Lipinski definition) is 2. The molecule has 0 atom stereocenters. The molecule has 0 aliphatic heterocycles. The van der Waals surface area contributed by atoms with Gasteiger partial charge in [-0.25, -0.2) is 0 Å². The van der Waals surface area contributed by atoms with E-state index in [-0.39, 0.29) is 17.4 Å². The number of carbonyl (C=O) groups excluding carboxylic acids is 1. The van der Waals surface area contributed by atoms with Gasteiger partial charge in [-0.1, -0.05) is 0 Å². The first kappa shape index (κ1) is 13.7. The number of nitrogens with zero attached hydrogens (tertiary/aromatic N) is 2. The first-order chi connectivity index (χ1) is 10.5. The van der Waals surface area contributed by atoms with Crippen LogP contribution < -0.4 is 5.32 Å². The molecule has 4 fully saturated rings. The highest BCUT2D eigenvalue weighted by Gasteiger charge is 2.49. The first-order valence-electron chi connectivity index (χ1n) is 8.03. The Hall–Kier alpha value is -1.92. The maximum Gasteiger partial charge on any atom is 0.322 e. The Bertz CT molecular complexity index is 611. The van der Waals surface area contributed by atoms with E-state index in [9.17, 15) is 14.9 Å². The van der Waals surface area contributed by atoms with Crippen molar-refractivity contribution >= 4 is 11.6 Å². The zero-order valence-electron chi connectivity index (χ0n) is 12.5. The molecule has 0 spiro atoms. The Kier molecular flexibility index (Phi) is 2.99. The molecule has 22 heavy (non-hydrogen) atoms. The van der Waals surface area contributed by atoms with Crippen molar-refractivity contribution in [1.82, 2.24) is 15.5 Å². The van der Waals surface area contributed by atoms with Gasteiger partial charge in [-0.2, -0.15) is 5.10 Å². The van der Waals surface area contributed by atoms with Crippen LogP contribution in [0.3, 0.4) is 0 Å². The van der Waals surface area contributed by atoms with Crippen LogP contribution in [0.4, 0.5) is 5.69 Å². The van der Waals surface area contributed by atoms with Crippen LogP contribution in [0.1, 0.15) is 48.3 Å². The second-order valence-electron chi connectivity index (χ2n) is 7.23. The fourth-order valence-electron chi connectivity index (χ4n) is 5.19. The van der Waals surface area contributed by atoms with Crippen LogP contribution in [0.25, 0.3) is 0 Å². The Morgan fingerprint density at radius 3 is 2.36 bits per heavy atom. The van der Waals surface area contributed by atoms with Gasteiger partial charge in [-0.15, -0.1) is 0 Å². The molecule has 0 aromatic carbocycles. The average Bonchev–Trinajstić information content (AvgIpc) is 2.84. The molecule has 1 aromatic rings. The van der Waals surface area contributed by atoms with Gasteiger partial charge in [0.1, 0.15) is 5.69 Å². The van der Waals surface area contributed by atoms with E-state index in [1.807, 2.05) is 0 Å². The van der Waals surface area contributed by atoms with Crippen molar-refractivity contribution in [3.8, 4) is 0 Å². The van der Waals surface area contributed by atoms with E-state index < -0.39 is 10.8 Å². The van der Waals surface area contributed by atoms with E-state index in [1.165, 1.54) is 32.1 Å². The highest BCUT2D eigenvalue weighted by Crippen LogP contribution is 2.53. The fraction of sp³-hybridized carbons (Fsp3) is 0.733. The van der Waals surface area contributed by atoms with E-state index in [0.29, 0.717) is 17.5 Å². The number of H-pyrrole nitrogens is 1. The molecule has 4 bridgehead atoms. The molecule has 7 heteroatoms. The number of hydrogen-bond acceptors (Lipinski definition) is 4. The SMILES string of the molecule is Cc1[nH]nc(C(=O)NC2C3CC4CC(C3)CC2C4)c1[N+](=O)[O-]. The molecule has 118 valence electrons. The molecule has 5 rings (SSSR count). The average molecular weight is 304 g/mol. The Balaban J connectivity index is 1.54. The molecular formula is C15H20N4O3. The van der Waals surface area contributed by atoms with Crippen LogP contribution in [0.15, 0.2) is 0 Å². The third kappa shape index (κ3) is 2.02. The van der Waals surface area contributed by atoms with Gasteiger partial charge >= 0.3 is 5.69 Å². The summed E-state index contributed by atoms with van der Waals surface area (Å²) in [4.78, 5) is 23.1. The molecule has 4 aliphatic carbocycles. The number of nitrogens with one attached hydrogen (secondary N) is 2. The van der Waals surface area contributed by atoms with Crippen LogP contribution in [0, 0.1) is 40.7 Å². The van der Waals surface area contributed by atoms with Crippen LogP contribution in [-0.2, 0) is 0 Å². The van der Waals surface area contributed by atoms with Gasteiger partial charge in [-0.05, 0) is 62.7 Å². The predicted molar refractivity (Wildman–Crippen MR) is 78.3 cm³/mol. The van der Waals surface area contributed by atoms with Gasteiger partial charge in [0.05, 0.1) is 4.92 Å². The molecule has 0 unspecified atom stereocenters. The van der Waals surface area contributed by atoms with Gasteiger partial charge in [0, 0.05) is 6.04 Å². The van der Waals surface area contributed by atoms with E-state index in [1.54, 1.807) is 6.92 Å². The standard InChI is InChI=1S/C15H20N4O3/c1-7-14(19(21)22)13(18-17-7)15(20)16-12-10-3-8-2-9(5-10)6-11(12)4-8/h8-12H,2-6H2,1H3,(H,16,20)(H,17,18). The molecule has 1 aromatic heterocycles. The molecule has 7 nitrogen and oxygen atoms in total. The maximum absolute atomic E-state index is 12.5. The minimum Gasteiger partial charge on any atom is -0.347 e. The van der Waals surface area contributed by atoms with Crippen LogP contribution >= 0.6 is 0 Å². The van der Waals surface area contributed by atoms with E-state index in [0.717, 1.165) is 11.8 Å². The minimum absolute atomic E-state index is 0.0868. The molecule has 0 radical (unpaired) electrons. The lowest BCUT2D eigenvalue weighted by atomic mass is 9.54. The Labute approximate surface area is 128 Å². The van der Waals surface area contributed by atoms with E-state index in [4.69, 9.17) is 0 Å². The Morgan fingerprint density at radius 2 is 1.82 bits per heavy atom. The molecule has 1 heterocycles. The van der Waals surface area contributed by atoms with Crippen LogP contribution in [0.5, 0.6) is 0 Å². The topological polar surface area (TPSA) is 101 Å². The van der Waals surface area contributed by atoms with Crippen molar-refractivity contribution in [2.75, 3.05) is 0 Å². The summed E-state index contributed by atoms with van der Waals surface area (Å²) in [6.45, 7) is 1.56. The first-order valence-corrected chi connectivity index (χ1v) is 8.03. The van der Waals surface area contributed by atoms with Gasteiger partial charge in [0.15, 0.2) is 0 Å². The van der Waals surface area contributed by atoms with Crippen molar-refractivity contribution in [2.24, 2.45) is 23.7 Å². The summed E-state index contributed by atoms with van der Waals surface area (Å²) >= 11 is 0. The summed E-state index contributed by atoms with van der Waals surface area (Å²) in [6.07, 6.45) is 6.14. The number of aromatic amines is 1. The van der Waals surface area contributed by atoms with E-state index in [2.05, 4.69) is 15.5 Å².